The molecule has 0 amide bonds. The van der Waals surface area contributed by atoms with Crippen LogP contribution in [0.1, 0.15) is 0 Å². The fourth-order valence-electron chi connectivity index (χ4n) is 0.313. The van der Waals surface area contributed by atoms with Crippen molar-refractivity contribution < 1.29 is 4.79 Å². The maximum atomic E-state index is 8.24. The third-order valence-electron chi connectivity index (χ3n) is 0.566. The van der Waals surface area contributed by atoms with E-state index in [1.54, 1.807) is 12.4 Å². The van der Waals surface area contributed by atoms with Gasteiger partial charge in [0.25, 0.3) is 0 Å². The number of hydrogen-bond donors (Lipinski definition) is 0. The average molecular weight is 121 g/mol. The Bertz CT molecular complexity index is 141. The summed E-state index contributed by atoms with van der Waals surface area (Å²) >= 11 is 0. The Hall–Kier alpha value is -1.47. The molecule has 0 atom stereocenters. The van der Waals surface area contributed by atoms with Crippen molar-refractivity contribution in [2.24, 2.45) is 0 Å². The number of carbonyl (C=O) groups excluding carboxylic acids is 1. The topological polar surface area (TPSA) is 52.3 Å². The molecule has 1 aromatic rings. The summed E-state index contributed by atoms with van der Waals surface area (Å²) in [6.07, 6.45) is 4.00. The second-order valence-corrected chi connectivity index (χ2v) is 1.12. The fourth-order valence-corrected chi connectivity index (χ4v) is 0.313. The predicted molar refractivity (Wildman–Crippen MR) is 33.3 cm³/mol. The zero-order chi connectivity index (χ0) is 6.95. The molecule has 0 spiro atoms. The first-order valence-electron chi connectivity index (χ1n) is 2.28. The summed E-state index contributed by atoms with van der Waals surface area (Å²) in [6.45, 7) is 0. The molecule has 0 fully saturated rings. The van der Waals surface area contributed by atoms with Crippen molar-refractivity contribution >= 4 is 6.08 Å². The number of nitrogens with zero attached hydrogens (tertiary/aromatic N) is 2. The lowest BCUT2D eigenvalue weighted by Crippen LogP contribution is -1.58. The highest BCUT2D eigenvalue weighted by molar-refractivity contribution is 5.36. The number of isocyanates is 1. The van der Waals surface area contributed by atoms with Crippen molar-refractivity contribution in [3.05, 3.63) is 36.0 Å². The van der Waals surface area contributed by atoms with Crippen molar-refractivity contribution in [3.63, 3.8) is 0 Å². The molecule has 0 unspecified atom stereocenters. The van der Waals surface area contributed by atoms with Gasteiger partial charge in [0.15, 0.2) is 0 Å². The van der Waals surface area contributed by atoms with Crippen molar-refractivity contribution in [3.8, 4) is 0 Å². The molecule has 0 saturated heterocycles. The number of aromatic nitrogens is 1. The van der Waals surface area contributed by atoms with Gasteiger partial charge in [0, 0.05) is 12.4 Å². The van der Waals surface area contributed by atoms with E-state index in [2.05, 4.69) is 4.98 Å². The summed E-state index contributed by atoms with van der Waals surface area (Å²) in [7, 11) is 0. The minimum atomic E-state index is 0.500. The number of pyridine rings is 1. The molecule has 0 aliphatic heterocycles. The molecule has 0 N–H and O–H groups in total. The zero-order valence-corrected chi connectivity index (χ0v) is 4.69. The van der Waals surface area contributed by atoms with E-state index >= 15 is 0 Å². The first kappa shape index (κ1) is 7.53. The second-order valence-electron chi connectivity index (χ2n) is 1.12. The molecular formula is C6H5N2O-. The van der Waals surface area contributed by atoms with Crippen LogP contribution < -0.4 is 0 Å². The Kier molecular flexibility index (Phi) is 5.46. The molecule has 0 radical (unpaired) electrons. The average Bonchev–Trinajstić information content (AvgIpc) is 1.93. The molecule has 1 heterocycles. The Morgan fingerprint density at radius 2 is 1.67 bits per heavy atom. The van der Waals surface area contributed by atoms with E-state index in [-0.39, 0.29) is 0 Å². The van der Waals surface area contributed by atoms with Gasteiger partial charge in [-0.25, -0.2) is 0 Å². The van der Waals surface area contributed by atoms with Crippen LogP contribution in [-0.2, 0) is 4.79 Å². The van der Waals surface area contributed by atoms with Crippen LogP contribution in [0.4, 0.5) is 0 Å². The fraction of sp³-hybridized carbons (Fsp3) is 0. The van der Waals surface area contributed by atoms with Crippen LogP contribution in [0.3, 0.4) is 0 Å². The van der Waals surface area contributed by atoms with E-state index in [1.165, 1.54) is 0 Å². The molecular weight excluding hydrogens is 116 g/mol. The van der Waals surface area contributed by atoms with E-state index in [0.717, 1.165) is 0 Å². The normalized spacial score (nSPS) is 6.22. The van der Waals surface area contributed by atoms with Gasteiger partial charge in [-0.05, 0) is 18.2 Å². The van der Waals surface area contributed by atoms with E-state index in [4.69, 9.17) is 10.2 Å². The van der Waals surface area contributed by atoms with Gasteiger partial charge in [0.2, 0.25) is 0 Å². The van der Waals surface area contributed by atoms with Crippen molar-refractivity contribution in [1.82, 2.24) is 4.98 Å². The third kappa shape index (κ3) is 6.53. The summed E-state index contributed by atoms with van der Waals surface area (Å²) in [5.74, 6) is 0. The summed E-state index contributed by atoms with van der Waals surface area (Å²) in [6, 6.07) is 5.72. The largest absolute Gasteiger partial charge is 0.724 e. The maximum absolute atomic E-state index is 8.24. The predicted octanol–water partition coefficient (Wildman–Crippen LogP) is 0.973. The highest BCUT2D eigenvalue weighted by Gasteiger charge is 1.58. The van der Waals surface area contributed by atoms with Gasteiger partial charge in [0.05, 0.1) is 0 Å². The van der Waals surface area contributed by atoms with Gasteiger partial charge < -0.3 is 5.41 Å². The quantitative estimate of drug-likeness (QED) is 0.379. The van der Waals surface area contributed by atoms with Crippen LogP contribution >= 0.6 is 0 Å². The summed E-state index contributed by atoms with van der Waals surface area (Å²) in [4.78, 5) is 12.0. The monoisotopic (exact) mass is 121 g/mol. The van der Waals surface area contributed by atoms with E-state index < -0.39 is 0 Å². The maximum Gasteiger partial charge on any atom is 0.0267 e. The Labute approximate surface area is 52.9 Å². The Morgan fingerprint density at radius 1 is 1.22 bits per heavy atom. The van der Waals surface area contributed by atoms with Gasteiger partial charge in [-0.2, -0.15) is 0 Å². The van der Waals surface area contributed by atoms with Crippen LogP contribution in [0.25, 0.3) is 5.41 Å². The lowest BCUT2D eigenvalue weighted by molar-refractivity contribution is 0.569. The van der Waals surface area contributed by atoms with E-state index in [9.17, 15) is 0 Å². The minimum absolute atomic E-state index is 0.500. The smallest absolute Gasteiger partial charge is 0.0267 e. The molecule has 1 rings (SSSR count). The van der Waals surface area contributed by atoms with Crippen LogP contribution in [-0.4, -0.2) is 11.1 Å². The molecule has 0 aliphatic rings. The highest BCUT2D eigenvalue weighted by Crippen LogP contribution is 1.73. The second kappa shape index (κ2) is 6.53. The van der Waals surface area contributed by atoms with E-state index in [1.807, 2.05) is 18.2 Å². The van der Waals surface area contributed by atoms with Crippen molar-refractivity contribution in [2.75, 3.05) is 0 Å². The molecule has 9 heavy (non-hydrogen) atoms. The van der Waals surface area contributed by atoms with Crippen molar-refractivity contribution in [1.29, 1.82) is 0 Å². The summed E-state index contributed by atoms with van der Waals surface area (Å²) in [5.41, 5.74) is 0. The van der Waals surface area contributed by atoms with Crippen LogP contribution in [0, 0.1) is 0 Å². The van der Waals surface area contributed by atoms with Crippen LogP contribution in [0.5, 0.6) is 0 Å². The molecule has 0 aliphatic carbocycles. The molecule has 3 heteroatoms. The molecule has 1 aromatic heterocycles. The molecule has 3 nitrogen and oxygen atoms in total. The van der Waals surface area contributed by atoms with Gasteiger partial charge in [-0.3, -0.25) is 9.78 Å². The first-order valence-corrected chi connectivity index (χ1v) is 2.28. The standard InChI is InChI=1S/C5H5N.CNO/c1-2-4-6-5-3-1;2-1-3/h1-5H;/q;-1. The van der Waals surface area contributed by atoms with Crippen LogP contribution in [0.2, 0.25) is 0 Å². The molecule has 0 saturated carbocycles. The first-order chi connectivity index (χ1) is 4.41. The third-order valence-corrected chi connectivity index (χ3v) is 0.566. The molecule has 46 valence electrons. The zero-order valence-electron chi connectivity index (χ0n) is 4.69. The highest BCUT2D eigenvalue weighted by atomic mass is 16.1. The molecule has 0 bridgehead atoms. The Morgan fingerprint density at radius 3 is 1.78 bits per heavy atom. The minimum Gasteiger partial charge on any atom is -0.724 e. The van der Waals surface area contributed by atoms with Gasteiger partial charge in [-0.15, -0.1) is 0 Å². The van der Waals surface area contributed by atoms with Gasteiger partial charge in [-0.1, -0.05) is 6.07 Å². The van der Waals surface area contributed by atoms with E-state index in [0.29, 0.717) is 6.08 Å². The summed E-state index contributed by atoms with van der Waals surface area (Å²) < 4.78 is 0. The van der Waals surface area contributed by atoms with Gasteiger partial charge >= 0.3 is 0 Å². The van der Waals surface area contributed by atoms with Crippen LogP contribution in [0.15, 0.2) is 30.6 Å². The lowest BCUT2D eigenvalue weighted by atomic mass is 10.5. The Balaban J connectivity index is 0.000000187. The lowest BCUT2D eigenvalue weighted by Gasteiger charge is -1.70. The van der Waals surface area contributed by atoms with Gasteiger partial charge in [0.1, 0.15) is 0 Å². The summed E-state index contributed by atoms with van der Waals surface area (Å²) in [5, 5.41) is 6.76. The van der Waals surface area contributed by atoms with Crippen molar-refractivity contribution in [2.45, 2.75) is 0 Å². The molecule has 0 aromatic carbocycles. The SMILES string of the molecule is [N-]=C=O.c1ccncc1. The number of hydrogen-bond acceptors (Lipinski definition) is 2. The number of rotatable bonds is 0.